The topological polar surface area (TPSA) is 69.0 Å². The number of carbonyl (C=O) groups excluding carboxylic acids is 1. The molecule has 1 aromatic carbocycles. The third-order valence-corrected chi connectivity index (χ3v) is 5.58. The smallest absolute Gasteiger partial charge is 0.224 e. The molecule has 0 unspecified atom stereocenters. The maximum absolute atomic E-state index is 14.3. The lowest BCUT2D eigenvalue weighted by atomic mass is 10.0. The molecular weight excluding hydrogens is 359 g/mol. The van der Waals surface area contributed by atoms with Crippen LogP contribution in [-0.4, -0.2) is 33.4 Å². The second kappa shape index (κ2) is 8.82. The number of carbonyl (C=O) groups is 1. The fourth-order valence-electron chi connectivity index (χ4n) is 4.00. The molecule has 2 aliphatic rings. The monoisotopic (exact) mass is 386 g/mol. The Balaban J connectivity index is 1.45. The molecule has 3 heterocycles. The third kappa shape index (κ3) is 4.41. The zero-order valence-corrected chi connectivity index (χ0v) is 16.1. The Hall–Kier alpha value is -2.28. The molecule has 0 bridgehead atoms. The van der Waals surface area contributed by atoms with E-state index in [1.807, 2.05) is 0 Å². The van der Waals surface area contributed by atoms with Crippen LogP contribution >= 0.6 is 0 Å². The van der Waals surface area contributed by atoms with E-state index in [0.717, 1.165) is 68.9 Å². The summed E-state index contributed by atoms with van der Waals surface area (Å²) >= 11 is 0. The molecule has 1 atom stereocenters. The van der Waals surface area contributed by atoms with Crippen molar-refractivity contribution in [3.8, 4) is 11.4 Å². The van der Waals surface area contributed by atoms with Crippen LogP contribution in [0.4, 0.5) is 10.1 Å². The predicted octanol–water partition coefficient (Wildman–Crippen LogP) is 4.10. The summed E-state index contributed by atoms with van der Waals surface area (Å²) in [6.07, 6.45) is 8.67. The molecule has 1 aromatic heterocycles. The molecule has 2 aromatic rings. The number of hydrogen-bond acceptors (Lipinski definition) is 4. The second-order valence-electron chi connectivity index (χ2n) is 7.67. The lowest BCUT2D eigenvalue weighted by molar-refractivity contribution is -0.117. The fourth-order valence-corrected chi connectivity index (χ4v) is 4.00. The minimum absolute atomic E-state index is 0.141. The van der Waals surface area contributed by atoms with Gasteiger partial charge in [-0.1, -0.05) is 6.42 Å². The number of nitrogens with zero attached hydrogens (tertiary/aromatic N) is 3. The summed E-state index contributed by atoms with van der Waals surface area (Å²) in [6, 6.07) is 4.74. The van der Waals surface area contributed by atoms with E-state index in [0.29, 0.717) is 12.8 Å². The molecule has 1 N–H and O–H groups in total. The van der Waals surface area contributed by atoms with E-state index in [2.05, 4.69) is 20.1 Å². The number of halogens is 1. The lowest BCUT2D eigenvalue weighted by Gasteiger charge is -2.22. The van der Waals surface area contributed by atoms with Gasteiger partial charge in [-0.3, -0.25) is 4.79 Å². The van der Waals surface area contributed by atoms with Crippen LogP contribution in [0.2, 0.25) is 0 Å². The van der Waals surface area contributed by atoms with Crippen molar-refractivity contribution < 1.29 is 13.9 Å². The molecule has 4 rings (SSSR count). The Bertz CT molecular complexity index is 830. The number of amides is 1. The van der Waals surface area contributed by atoms with E-state index in [9.17, 15) is 9.18 Å². The maximum atomic E-state index is 14.3. The van der Waals surface area contributed by atoms with Crippen molar-refractivity contribution in [3.63, 3.8) is 0 Å². The maximum Gasteiger partial charge on any atom is 0.224 e. The molecular formula is C21H27FN4O2. The van der Waals surface area contributed by atoms with Crippen molar-refractivity contribution >= 4 is 11.6 Å². The van der Waals surface area contributed by atoms with Crippen molar-refractivity contribution in [1.29, 1.82) is 0 Å². The first-order chi connectivity index (χ1) is 13.7. The van der Waals surface area contributed by atoms with Crippen LogP contribution in [0.25, 0.3) is 11.4 Å². The van der Waals surface area contributed by atoms with Gasteiger partial charge in [-0.05, 0) is 56.7 Å². The van der Waals surface area contributed by atoms with Crippen molar-refractivity contribution in [2.75, 3.05) is 11.9 Å². The number of fused-ring (bicyclic) bond motifs is 1. The summed E-state index contributed by atoms with van der Waals surface area (Å²) in [4.78, 5) is 12.3. The Labute approximate surface area is 164 Å². The quantitative estimate of drug-likeness (QED) is 0.840. The number of aromatic nitrogens is 3. The molecule has 7 heteroatoms. The van der Waals surface area contributed by atoms with Gasteiger partial charge in [0.15, 0.2) is 5.82 Å². The zero-order valence-electron chi connectivity index (χ0n) is 16.1. The highest BCUT2D eigenvalue weighted by Crippen LogP contribution is 2.27. The SMILES string of the molecule is O=C(CC[C@@H]1CCCCO1)Nc1cc(-c2nnc3n2CCCCC3)ccc1F. The number of ether oxygens (including phenoxy) is 1. The normalized spacial score (nSPS) is 19.7. The van der Waals surface area contributed by atoms with Gasteiger partial charge in [-0.15, -0.1) is 10.2 Å². The van der Waals surface area contributed by atoms with E-state index >= 15 is 0 Å². The average molecular weight is 386 g/mol. The molecule has 6 nitrogen and oxygen atoms in total. The minimum Gasteiger partial charge on any atom is -0.378 e. The van der Waals surface area contributed by atoms with Gasteiger partial charge in [-0.2, -0.15) is 0 Å². The summed E-state index contributed by atoms with van der Waals surface area (Å²) < 4.78 is 22.1. The first-order valence-electron chi connectivity index (χ1n) is 10.3. The van der Waals surface area contributed by atoms with Crippen LogP contribution in [0.3, 0.4) is 0 Å². The average Bonchev–Trinajstić information content (AvgIpc) is 2.97. The van der Waals surface area contributed by atoms with Gasteiger partial charge < -0.3 is 14.6 Å². The molecule has 0 spiro atoms. The van der Waals surface area contributed by atoms with Gasteiger partial charge in [0, 0.05) is 31.6 Å². The summed E-state index contributed by atoms with van der Waals surface area (Å²) in [5.74, 6) is 1.09. The van der Waals surface area contributed by atoms with E-state index in [4.69, 9.17) is 4.74 Å². The van der Waals surface area contributed by atoms with Crippen molar-refractivity contribution in [1.82, 2.24) is 14.8 Å². The molecule has 1 fully saturated rings. The largest absolute Gasteiger partial charge is 0.378 e. The second-order valence-corrected chi connectivity index (χ2v) is 7.67. The molecule has 2 aliphatic heterocycles. The number of benzene rings is 1. The fraction of sp³-hybridized carbons (Fsp3) is 0.571. The Kier molecular flexibility index (Phi) is 6.00. The van der Waals surface area contributed by atoms with Crippen LogP contribution in [-0.2, 0) is 22.5 Å². The predicted molar refractivity (Wildman–Crippen MR) is 104 cm³/mol. The number of hydrogen-bond donors (Lipinski definition) is 1. The molecule has 1 amide bonds. The summed E-state index contributed by atoms with van der Waals surface area (Å²) in [5.41, 5.74) is 0.964. The van der Waals surface area contributed by atoms with Gasteiger partial charge in [0.25, 0.3) is 0 Å². The summed E-state index contributed by atoms with van der Waals surface area (Å²) in [5, 5.41) is 11.3. The van der Waals surface area contributed by atoms with E-state index in [1.165, 1.54) is 12.5 Å². The molecule has 0 saturated carbocycles. The summed E-state index contributed by atoms with van der Waals surface area (Å²) in [7, 11) is 0. The van der Waals surface area contributed by atoms with Crippen LogP contribution in [0.15, 0.2) is 18.2 Å². The van der Waals surface area contributed by atoms with E-state index in [-0.39, 0.29) is 17.7 Å². The standard InChI is InChI=1S/C21H27FN4O2/c22-17-10-8-15(21-25-24-19-7-2-1-4-12-26(19)21)14-18(17)23-20(27)11-9-16-6-3-5-13-28-16/h8,10,14,16H,1-7,9,11-13H2,(H,23,27)/t16-/m0/s1. The Morgan fingerprint density at radius 1 is 1.21 bits per heavy atom. The number of anilines is 1. The van der Waals surface area contributed by atoms with Gasteiger partial charge in [0.05, 0.1) is 11.8 Å². The van der Waals surface area contributed by atoms with E-state index in [1.54, 1.807) is 12.1 Å². The number of aryl methyl sites for hydroxylation is 1. The van der Waals surface area contributed by atoms with Crippen LogP contribution in [0.1, 0.15) is 57.2 Å². The van der Waals surface area contributed by atoms with Gasteiger partial charge in [-0.25, -0.2) is 4.39 Å². The molecule has 0 aliphatic carbocycles. The molecule has 1 saturated heterocycles. The number of rotatable bonds is 5. The summed E-state index contributed by atoms with van der Waals surface area (Å²) in [6.45, 7) is 1.64. The minimum atomic E-state index is -0.443. The number of nitrogens with one attached hydrogen (secondary N) is 1. The Morgan fingerprint density at radius 2 is 2.14 bits per heavy atom. The third-order valence-electron chi connectivity index (χ3n) is 5.58. The zero-order chi connectivity index (χ0) is 19.3. The van der Waals surface area contributed by atoms with Crippen molar-refractivity contribution in [2.24, 2.45) is 0 Å². The van der Waals surface area contributed by atoms with Gasteiger partial charge in [0.2, 0.25) is 5.91 Å². The highest BCUT2D eigenvalue weighted by Gasteiger charge is 2.19. The molecule has 150 valence electrons. The van der Waals surface area contributed by atoms with Crippen molar-refractivity contribution in [3.05, 3.63) is 29.8 Å². The highest BCUT2D eigenvalue weighted by molar-refractivity contribution is 5.91. The van der Waals surface area contributed by atoms with Gasteiger partial charge in [0.1, 0.15) is 11.6 Å². The first-order valence-corrected chi connectivity index (χ1v) is 10.3. The van der Waals surface area contributed by atoms with E-state index < -0.39 is 5.82 Å². The lowest BCUT2D eigenvalue weighted by Crippen LogP contribution is -2.22. The Morgan fingerprint density at radius 3 is 3.00 bits per heavy atom. The van der Waals surface area contributed by atoms with Crippen molar-refractivity contribution in [2.45, 2.75) is 70.4 Å². The van der Waals surface area contributed by atoms with Gasteiger partial charge >= 0.3 is 0 Å². The van der Waals surface area contributed by atoms with Crippen LogP contribution in [0.5, 0.6) is 0 Å². The van der Waals surface area contributed by atoms with Crippen LogP contribution in [0, 0.1) is 5.82 Å². The molecule has 0 radical (unpaired) electrons. The molecule has 28 heavy (non-hydrogen) atoms. The first kappa shape index (κ1) is 19.1. The van der Waals surface area contributed by atoms with Crippen LogP contribution < -0.4 is 5.32 Å². The highest BCUT2D eigenvalue weighted by atomic mass is 19.1.